The van der Waals surface area contributed by atoms with Gasteiger partial charge in [-0.3, -0.25) is 4.79 Å². The first-order valence-electron chi connectivity index (χ1n) is 9.78. The molecule has 1 aliphatic heterocycles. The minimum atomic E-state index is -0.903. The topological polar surface area (TPSA) is 66.8 Å². The number of hydrogen-bond acceptors (Lipinski definition) is 3. The van der Waals surface area contributed by atoms with E-state index in [1.807, 2.05) is 35.2 Å². The van der Waals surface area contributed by atoms with Gasteiger partial charge in [-0.1, -0.05) is 24.3 Å². The zero-order valence-corrected chi connectivity index (χ0v) is 16.1. The van der Waals surface area contributed by atoms with Crippen LogP contribution in [-0.4, -0.2) is 42.1 Å². The van der Waals surface area contributed by atoms with Crippen LogP contribution >= 0.6 is 0 Å². The summed E-state index contributed by atoms with van der Waals surface area (Å²) < 4.78 is 5.22. The summed E-state index contributed by atoms with van der Waals surface area (Å²) in [6.07, 6.45) is 3.57. The van der Waals surface area contributed by atoms with E-state index in [1.54, 1.807) is 25.3 Å². The molecule has 1 unspecified atom stereocenters. The van der Waals surface area contributed by atoms with Gasteiger partial charge in [-0.2, -0.15) is 0 Å². The van der Waals surface area contributed by atoms with E-state index >= 15 is 0 Å². The van der Waals surface area contributed by atoms with Crippen molar-refractivity contribution in [3.8, 4) is 5.75 Å². The third-order valence-corrected chi connectivity index (χ3v) is 6.07. The molecule has 2 fully saturated rings. The molecule has 2 aromatic carbocycles. The normalized spacial score (nSPS) is 20.0. The number of methoxy groups -OCH3 is 1. The van der Waals surface area contributed by atoms with Crippen molar-refractivity contribution < 1.29 is 19.4 Å². The van der Waals surface area contributed by atoms with E-state index in [0.717, 1.165) is 55.6 Å². The zero-order valence-electron chi connectivity index (χ0n) is 16.1. The highest BCUT2D eigenvalue weighted by atomic mass is 16.5. The van der Waals surface area contributed by atoms with E-state index in [0.29, 0.717) is 11.5 Å². The van der Waals surface area contributed by atoms with Crippen molar-refractivity contribution in [2.45, 2.75) is 31.1 Å². The van der Waals surface area contributed by atoms with Crippen LogP contribution in [0.25, 0.3) is 0 Å². The van der Waals surface area contributed by atoms with Crippen LogP contribution in [0.1, 0.15) is 40.7 Å². The fourth-order valence-corrected chi connectivity index (χ4v) is 4.31. The molecule has 5 nitrogen and oxygen atoms in total. The van der Waals surface area contributed by atoms with Crippen molar-refractivity contribution in [3.63, 3.8) is 0 Å². The summed E-state index contributed by atoms with van der Waals surface area (Å²) in [5.74, 6) is 0.510. The number of likely N-dealkylation sites (tertiary alicyclic amines) is 1. The molecule has 1 amide bonds. The molecule has 1 saturated heterocycles. The van der Waals surface area contributed by atoms with Crippen molar-refractivity contribution >= 4 is 11.9 Å². The number of carboxylic acids is 1. The monoisotopic (exact) mass is 379 g/mol. The van der Waals surface area contributed by atoms with Crippen molar-refractivity contribution in [2.75, 3.05) is 20.2 Å². The van der Waals surface area contributed by atoms with Crippen LogP contribution in [0, 0.1) is 5.92 Å². The summed E-state index contributed by atoms with van der Waals surface area (Å²) in [6, 6.07) is 15.0. The predicted octanol–water partition coefficient (Wildman–Crippen LogP) is 3.52. The quantitative estimate of drug-likeness (QED) is 0.834. The highest BCUT2D eigenvalue weighted by Gasteiger charge is 2.53. The van der Waals surface area contributed by atoms with Crippen molar-refractivity contribution in [1.29, 1.82) is 0 Å². The molecule has 5 heteroatoms. The highest BCUT2D eigenvalue weighted by molar-refractivity contribution is 5.91. The minimum absolute atomic E-state index is 0.236. The average molecular weight is 379 g/mol. The minimum Gasteiger partial charge on any atom is -0.497 e. The molecule has 1 N–H and O–H groups in total. The maximum atomic E-state index is 13.2. The Kier molecular flexibility index (Phi) is 4.84. The number of ether oxygens (including phenoxy) is 1. The largest absolute Gasteiger partial charge is 0.497 e. The summed E-state index contributed by atoms with van der Waals surface area (Å²) in [6.45, 7) is 1.52. The summed E-state index contributed by atoms with van der Waals surface area (Å²) in [4.78, 5) is 26.4. The van der Waals surface area contributed by atoms with Gasteiger partial charge in [0.1, 0.15) is 5.75 Å². The second-order valence-electron chi connectivity index (χ2n) is 7.93. The van der Waals surface area contributed by atoms with Crippen LogP contribution in [0.3, 0.4) is 0 Å². The molecular formula is C23H25NO4. The molecule has 4 rings (SSSR count). The van der Waals surface area contributed by atoms with Gasteiger partial charge in [-0.15, -0.1) is 0 Å². The fourth-order valence-electron chi connectivity index (χ4n) is 4.31. The maximum Gasteiger partial charge on any atom is 0.335 e. The first kappa shape index (κ1) is 18.5. The molecule has 0 aromatic heterocycles. The standard InChI is InChI=1S/C23H25NO4/c1-28-20-7-5-19(6-8-20)23(10-11-23)22(27)24-12-9-17(15-24)13-16-3-2-4-18(14-16)21(25)26/h2-8,14,17H,9-13,15H2,1H3,(H,25,26). The van der Waals surface area contributed by atoms with Crippen LogP contribution < -0.4 is 4.74 Å². The Morgan fingerprint density at radius 2 is 1.93 bits per heavy atom. The maximum absolute atomic E-state index is 13.2. The Morgan fingerprint density at radius 3 is 2.57 bits per heavy atom. The van der Waals surface area contributed by atoms with E-state index in [-0.39, 0.29) is 11.3 Å². The third kappa shape index (κ3) is 3.49. The third-order valence-electron chi connectivity index (χ3n) is 6.07. The predicted molar refractivity (Wildman–Crippen MR) is 106 cm³/mol. The number of carboxylic acid groups (broad SMARTS) is 1. The van der Waals surface area contributed by atoms with E-state index in [2.05, 4.69) is 0 Å². The van der Waals surface area contributed by atoms with Gasteiger partial charge in [0.05, 0.1) is 18.1 Å². The van der Waals surface area contributed by atoms with Gasteiger partial charge in [0.25, 0.3) is 0 Å². The van der Waals surface area contributed by atoms with E-state index in [1.165, 1.54) is 0 Å². The van der Waals surface area contributed by atoms with Gasteiger partial charge < -0.3 is 14.7 Å². The SMILES string of the molecule is COc1ccc(C2(C(=O)N3CCC(Cc4cccc(C(=O)O)c4)C3)CC2)cc1. The summed E-state index contributed by atoms with van der Waals surface area (Å²) in [5, 5.41) is 9.16. The second kappa shape index (κ2) is 7.30. The van der Waals surface area contributed by atoms with E-state index in [4.69, 9.17) is 9.84 Å². The lowest BCUT2D eigenvalue weighted by molar-refractivity contribution is -0.133. The first-order valence-corrected chi connectivity index (χ1v) is 9.78. The molecule has 28 heavy (non-hydrogen) atoms. The Balaban J connectivity index is 1.41. The number of aromatic carboxylic acids is 1. The number of amides is 1. The summed E-state index contributed by atoms with van der Waals surface area (Å²) >= 11 is 0. The number of benzene rings is 2. The van der Waals surface area contributed by atoms with Crippen LogP contribution in [0.5, 0.6) is 5.75 Å². The number of rotatable bonds is 6. The van der Waals surface area contributed by atoms with Gasteiger partial charge in [0.15, 0.2) is 0 Å². The molecule has 1 saturated carbocycles. The molecule has 146 valence electrons. The molecule has 2 aromatic rings. The van der Waals surface area contributed by atoms with Crippen LogP contribution in [0.2, 0.25) is 0 Å². The van der Waals surface area contributed by atoms with Gasteiger partial charge in [0.2, 0.25) is 5.91 Å². The van der Waals surface area contributed by atoms with E-state index in [9.17, 15) is 9.59 Å². The molecule has 2 aliphatic rings. The van der Waals surface area contributed by atoms with E-state index < -0.39 is 5.97 Å². The molecule has 0 radical (unpaired) electrons. The molecule has 0 spiro atoms. The molecule has 0 bridgehead atoms. The van der Waals surface area contributed by atoms with Gasteiger partial charge in [-0.25, -0.2) is 4.79 Å². The number of carbonyl (C=O) groups is 2. The number of carbonyl (C=O) groups excluding carboxylic acids is 1. The lowest BCUT2D eigenvalue weighted by Crippen LogP contribution is -2.38. The van der Waals surface area contributed by atoms with Gasteiger partial charge in [0, 0.05) is 13.1 Å². The van der Waals surface area contributed by atoms with Crippen molar-refractivity contribution in [2.24, 2.45) is 5.92 Å². The Hall–Kier alpha value is -2.82. The summed E-state index contributed by atoms with van der Waals surface area (Å²) in [7, 11) is 1.64. The summed E-state index contributed by atoms with van der Waals surface area (Å²) in [5.41, 5.74) is 2.07. The molecule has 1 heterocycles. The van der Waals surface area contributed by atoms with Crippen LogP contribution in [0.15, 0.2) is 48.5 Å². The second-order valence-corrected chi connectivity index (χ2v) is 7.93. The Morgan fingerprint density at radius 1 is 1.18 bits per heavy atom. The zero-order chi connectivity index (χ0) is 19.7. The smallest absolute Gasteiger partial charge is 0.335 e. The fraction of sp³-hybridized carbons (Fsp3) is 0.391. The molecule has 1 atom stereocenters. The Labute approximate surface area is 164 Å². The van der Waals surface area contributed by atoms with Crippen LogP contribution in [0.4, 0.5) is 0 Å². The van der Waals surface area contributed by atoms with Crippen molar-refractivity contribution in [1.82, 2.24) is 4.90 Å². The molecular weight excluding hydrogens is 354 g/mol. The lowest BCUT2D eigenvalue weighted by Gasteiger charge is -2.24. The number of hydrogen-bond donors (Lipinski definition) is 1. The first-order chi connectivity index (χ1) is 13.5. The van der Waals surface area contributed by atoms with Crippen molar-refractivity contribution in [3.05, 3.63) is 65.2 Å². The van der Waals surface area contributed by atoms with Gasteiger partial charge in [-0.05, 0) is 67.0 Å². The van der Waals surface area contributed by atoms with Gasteiger partial charge >= 0.3 is 5.97 Å². The highest BCUT2D eigenvalue weighted by Crippen LogP contribution is 2.50. The Bertz CT molecular complexity index is 886. The van der Waals surface area contributed by atoms with Crippen LogP contribution in [-0.2, 0) is 16.6 Å². The number of nitrogens with zero attached hydrogens (tertiary/aromatic N) is 1. The average Bonchev–Trinajstić information content (AvgIpc) is 3.40. The lowest BCUT2D eigenvalue weighted by atomic mass is 9.94. The molecule has 1 aliphatic carbocycles.